The van der Waals surface area contributed by atoms with E-state index in [9.17, 15) is 4.79 Å². The number of carbonyl (C=O) groups is 1. The molecule has 1 aliphatic heterocycles. The van der Waals surface area contributed by atoms with Gasteiger partial charge in [-0.05, 0) is 42.5 Å². The molecule has 1 amide bonds. The molecule has 0 aromatic heterocycles. The number of nitrogens with one attached hydrogen (secondary N) is 1. The molecule has 3 rings (SSSR count). The molecule has 1 saturated heterocycles. The van der Waals surface area contributed by atoms with Gasteiger partial charge in [0.2, 0.25) is 5.91 Å². The zero-order chi connectivity index (χ0) is 11.1. The second-order valence-electron chi connectivity index (χ2n) is 4.70. The van der Waals surface area contributed by atoms with Crippen molar-refractivity contribution in [1.82, 2.24) is 5.32 Å². The van der Waals surface area contributed by atoms with Crippen molar-refractivity contribution >= 4 is 17.5 Å². The first-order chi connectivity index (χ1) is 7.74. The molecule has 0 radical (unpaired) electrons. The third kappa shape index (κ3) is 1.61. The lowest BCUT2D eigenvalue weighted by molar-refractivity contribution is -0.123. The first kappa shape index (κ1) is 10.2. The Balaban J connectivity index is 1.97. The highest BCUT2D eigenvalue weighted by atomic mass is 35.5. The van der Waals surface area contributed by atoms with Gasteiger partial charge in [0.25, 0.3) is 0 Å². The van der Waals surface area contributed by atoms with E-state index in [1.165, 1.54) is 11.1 Å². The lowest BCUT2D eigenvalue weighted by atomic mass is 9.75. The summed E-state index contributed by atoms with van der Waals surface area (Å²) >= 11 is 6.01. The Morgan fingerprint density at radius 3 is 3.00 bits per heavy atom. The zero-order valence-electron chi connectivity index (χ0n) is 9.00. The Kier molecular flexibility index (Phi) is 2.40. The number of rotatable bonds is 0. The Morgan fingerprint density at radius 2 is 2.12 bits per heavy atom. The Bertz CT molecular complexity index is 444. The predicted octanol–water partition coefficient (Wildman–Crippen LogP) is 2.65. The maximum absolute atomic E-state index is 11.4. The molecular formula is C13H14ClNO. The summed E-state index contributed by atoms with van der Waals surface area (Å²) in [7, 11) is 0. The van der Waals surface area contributed by atoms with E-state index in [0.29, 0.717) is 18.4 Å². The summed E-state index contributed by atoms with van der Waals surface area (Å²) in [6, 6.07) is 6.50. The normalized spacial score (nSPS) is 27.9. The van der Waals surface area contributed by atoms with Gasteiger partial charge in [0, 0.05) is 23.4 Å². The Morgan fingerprint density at radius 1 is 1.25 bits per heavy atom. The average Bonchev–Trinajstić information content (AvgIpc) is 2.28. The lowest BCUT2D eigenvalue weighted by Gasteiger charge is -2.37. The molecule has 1 N–H and O–H groups in total. The van der Waals surface area contributed by atoms with Gasteiger partial charge in [0.05, 0.1) is 0 Å². The van der Waals surface area contributed by atoms with Crippen molar-refractivity contribution in [2.24, 2.45) is 0 Å². The van der Waals surface area contributed by atoms with E-state index in [0.717, 1.165) is 24.3 Å². The van der Waals surface area contributed by atoms with E-state index in [4.69, 9.17) is 11.6 Å². The maximum Gasteiger partial charge on any atom is 0.220 e. The number of amides is 1. The molecule has 2 aliphatic rings. The van der Waals surface area contributed by atoms with Crippen molar-refractivity contribution in [1.29, 1.82) is 0 Å². The predicted molar refractivity (Wildman–Crippen MR) is 63.7 cm³/mol. The number of fused-ring (bicyclic) bond motifs is 3. The standard InChI is InChI=1S/C13H14ClNO/c14-9-2-3-10-8(7-9)1-5-12-11(10)4-6-13(16)15-12/h2-3,7,11-12H,1,4-6H2,(H,15,16)/t11-,12-/m0/s1. The van der Waals surface area contributed by atoms with Crippen LogP contribution in [0.3, 0.4) is 0 Å². The second kappa shape index (κ2) is 3.77. The van der Waals surface area contributed by atoms with Gasteiger partial charge >= 0.3 is 0 Å². The van der Waals surface area contributed by atoms with E-state index in [1.807, 2.05) is 6.07 Å². The van der Waals surface area contributed by atoms with Gasteiger partial charge in [-0.25, -0.2) is 0 Å². The minimum atomic E-state index is 0.207. The highest BCUT2D eigenvalue weighted by Gasteiger charge is 2.33. The first-order valence-corrected chi connectivity index (χ1v) is 6.19. The molecule has 0 saturated carbocycles. The average molecular weight is 236 g/mol. The fourth-order valence-corrected chi connectivity index (χ4v) is 3.17. The highest BCUT2D eigenvalue weighted by molar-refractivity contribution is 6.30. The zero-order valence-corrected chi connectivity index (χ0v) is 9.76. The van der Waals surface area contributed by atoms with Gasteiger partial charge in [-0.1, -0.05) is 17.7 Å². The number of piperidine rings is 1. The van der Waals surface area contributed by atoms with E-state index in [-0.39, 0.29) is 5.91 Å². The fourth-order valence-electron chi connectivity index (χ4n) is 2.98. The van der Waals surface area contributed by atoms with Gasteiger partial charge in [-0.3, -0.25) is 4.79 Å². The van der Waals surface area contributed by atoms with Gasteiger partial charge in [0.1, 0.15) is 0 Å². The van der Waals surface area contributed by atoms with Crippen molar-refractivity contribution in [3.05, 3.63) is 34.3 Å². The SMILES string of the molecule is O=C1CC[C@H]2c3ccc(Cl)cc3CC[C@@H]2N1. The lowest BCUT2D eigenvalue weighted by Crippen LogP contribution is -2.45. The molecule has 0 unspecified atom stereocenters. The van der Waals surface area contributed by atoms with Crippen molar-refractivity contribution in [2.75, 3.05) is 0 Å². The molecule has 16 heavy (non-hydrogen) atoms. The quantitative estimate of drug-likeness (QED) is 0.736. The molecule has 1 heterocycles. The highest BCUT2D eigenvalue weighted by Crippen LogP contribution is 2.38. The van der Waals surface area contributed by atoms with E-state index in [2.05, 4.69) is 17.4 Å². The summed E-state index contributed by atoms with van der Waals surface area (Å²) in [5, 5.41) is 3.92. The van der Waals surface area contributed by atoms with Crippen LogP contribution in [-0.4, -0.2) is 11.9 Å². The van der Waals surface area contributed by atoms with Crippen LogP contribution in [0.1, 0.15) is 36.3 Å². The molecule has 84 valence electrons. The van der Waals surface area contributed by atoms with Crippen LogP contribution >= 0.6 is 11.6 Å². The van der Waals surface area contributed by atoms with E-state index >= 15 is 0 Å². The minimum absolute atomic E-state index is 0.207. The molecule has 1 aromatic rings. The Hall–Kier alpha value is -1.02. The monoisotopic (exact) mass is 235 g/mol. The molecule has 0 spiro atoms. The number of carbonyl (C=O) groups excluding carboxylic acids is 1. The largest absolute Gasteiger partial charge is 0.353 e. The van der Waals surface area contributed by atoms with Crippen molar-refractivity contribution in [3.63, 3.8) is 0 Å². The van der Waals surface area contributed by atoms with Crippen molar-refractivity contribution in [2.45, 2.75) is 37.6 Å². The smallest absolute Gasteiger partial charge is 0.220 e. The number of aryl methyl sites for hydroxylation is 1. The number of hydrogen-bond acceptors (Lipinski definition) is 1. The van der Waals surface area contributed by atoms with E-state index < -0.39 is 0 Å². The van der Waals surface area contributed by atoms with Crippen LogP contribution in [0.2, 0.25) is 5.02 Å². The maximum atomic E-state index is 11.4. The molecule has 0 bridgehead atoms. The molecule has 1 aliphatic carbocycles. The second-order valence-corrected chi connectivity index (χ2v) is 5.14. The van der Waals surface area contributed by atoms with Crippen LogP contribution in [0, 0.1) is 0 Å². The summed E-state index contributed by atoms with van der Waals surface area (Å²) in [6.45, 7) is 0. The van der Waals surface area contributed by atoms with Gasteiger partial charge in [-0.15, -0.1) is 0 Å². The summed E-state index contributed by atoms with van der Waals surface area (Å²) in [6.07, 6.45) is 3.70. The van der Waals surface area contributed by atoms with Crippen LogP contribution in [0.15, 0.2) is 18.2 Å². The van der Waals surface area contributed by atoms with Crippen molar-refractivity contribution < 1.29 is 4.79 Å². The fraction of sp³-hybridized carbons (Fsp3) is 0.462. The van der Waals surface area contributed by atoms with Crippen LogP contribution in [0.5, 0.6) is 0 Å². The molecule has 1 fully saturated rings. The van der Waals surface area contributed by atoms with Crippen LogP contribution in [0.4, 0.5) is 0 Å². The minimum Gasteiger partial charge on any atom is -0.353 e. The summed E-state index contributed by atoms with van der Waals surface area (Å²) in [5.41, 5.74) is 2.76. The molecule has 3 heteroatoms. The number of benzene rings is 1. The topological polar surface area (TPSA) is 29.1 Å². The van der Waals surface area contributed by atoms with Gasteiger partial charge < -0.3 is 5.32 Å². The Labute approximate surface area is 100.0 Å². The van der Waals surface area contributed by atoms with Gasteiger partial charge in [0.15, 0.2) is 0 Å². The molecule has 2 atom stereocenters. The van der Waals surface area contributed by atoms with Crippen molar-refractivity contribution in [3.8, 4) is 0 Å². The first-order valence-electron chi connectivity index (χ1n) is 5.82. The third-order valence-electron chi connectivity index (χ3n) is 3.74. The summed E-state index contributed by atoms with van der Waals surface area (Å²) in [4.78, 5) is 11.4. The summed E-state index contributed by atoms with van der Waals surface area (Å²) in [5.74, 6) is 0.706. The van der Waals surface area contributed by atoms with Crippen LogP contribution < -0.4 is 5.32 Å². The van der Waals surface area contributed by atoms with E-state index in [1.54, 1.807) is 0 Å². The number of hydrogen-bond donors (Lipinski definition) is 1. The van der Waals surface area contributed by atoms with Gasteiger partial charge in [-0.2, -0.15) is 0 Å². The molecule has 1 aromatic carbocycles. The summed E-state index contributed by atoms with van der Waals surface area (Å²) < 4.78 is 0. The third-order valence-corrected chi connectivity index (χ3v) is 3.98. The van der Waals surface area contributed by atoms with Crippen LogP contribution in [0.25, 0.3) is 0 Å². The molecular weight excluding hydrogens is 222 g/mol. The number of halogens is 1. The van der Waals surface area contributed by atoms with Crippen LogP contribution in [-0.2, 0) is 11.2 Å². The molecule has 2 nitrogen and oxygen atoms in total.